The van der Waals surface area contributed by atoms with Crippen molar-refractivity contribution in [3.63, 3.8) is 0 Å². The molecule has 0 radical (unpaired) electrons. The van der Waals surface area contributed by atoms with Crippen molar-refractivity contribution in [2.45, 2.75) is 49.7 Å². The van der Waals surface area contributed by atoms with Crippen molar-refractivity contribution in [1.82, 2.24) is 10.2 Å². The van der Waals surface area contributed by atoms with Gasteiger partial charge in [-0.2, -0.15) is 0 Å². The lowest BCUT2D eigenvalue weighted by Gasteiger charge is -2.32. The van der Waals surface area contributed by atoms with E-state index in [-0.39, 0.29) is 18.0 Å². The third-order valence-electron chi connectivity index (χ3n) is 5.55. The lowest BCUT2D eigenvalue weighted by atomic mass is 9.97. The van der Waals surface area contributed by atoms with Crippen molar-refractivity contribution >= 4 is 23.6 Å². The SMILES string of the molecule is CC1(C)SCN(C(=O)[C@@H](O)[C@@H](N)Cc2ccccc2)[C@@H]1C(=O)NCc1c(F)cccc1F. The van der Waals surface area contributed by atoms with Crippen molar-refractivity contribution < 1.29 is 23.5 Å². The third kappa shape index (κ3) is 5.28. The van der Waals surface area contributed by atoms with E-state index < -0.39 is 46.4 Å². The predicted octanol–water partition coefficient (Wildman–Crippen LogP) is 2.19. The number of thioether (sulfide) groups is 1. The van der Waals surface area contributed by atoms with Gasteiger partial charge in [0.05, 0.1) is 5.88 Å². The van der Waals surface area contributed by atoms with Crippen LogP contribution in [0.2, 0.25) is 0 Å². The van der Waals surface area contributed by atoms with Crippen molar-refractivity contribution in [1.29, 1.82) is 0 Å². The Morgan fingerprint density at radius 2 is 1.81 bits per heavy atom. The van der Waals surface area contributed by atoms with Crippen LogP contribution >= 0.6 is 11.8 Å². The average Bonchev–Trinajstić information content (AvgIpc) is 3.07. The summed E-state index contributed by atoms with van der Waals surface area (Å²) < 4.78 is 27.1. The Morgan fingerprint density at radius 1 is 1.19 bits per heavy atom. The molecular formula is C23H27F2N3O3S. The van der Waals surface area contributed by atoms with Crippen LogP contribution < -0.4 is 11.1 Å². The highest BCUT2D eigenvalue weighted by atomic mass is 32.2. The number of carbonyl (C=O) groups excluding carboxylic acids is 2. The summed E-state index contributed by atoms with van der Waals surface area (Å²) in [6, 6.07) is 10.9. The average molecular weight is 464 g/mol. The van der Waals surface area contributed by atoms with E-state index in [2.05, 4.69) is 5.32 Å². The maximum atomic E-state index is 13.9. The molecule has 0 spiro atoms. The van der Waals surface area contributed by atoms with Crippen LogP contribution in [0.1, 0.15) is 25.0 Å². The van der Waals surface area contributed by atoms with Crippen LogP contribution in [0.15, 0.2) is 48.5 Å². The van der Waals surface area contributed by atoms with E-state index in [0.29, 0.717) is 6.42 Å². The third-order valence-corrected chi connectivity index (χ3v) is 6.93. The highest BCUT2D eigenvalue weighted by Crippen LogP contribution is 2.39. The second-order valence-electron chi connectivity index (χ2n) is 8.30. The van der Waals surface area contributed by atoms with Crippen LogP contribution in [0.4, 0.5) is 8.78 Å². The van der Waals surface area contributed by atoms with Crippen LogP contribution in [0.25, 0.3) is 0 Å². The van der Waals surface area contributed by atoms with Crippen molar-refractivity contribution in [2.75, 3.05) is 5.88 Å². The summed E-state index contributed by atoms with van der Waals surface area (Å²) >= 11 is 1.38. The van der Waals surface area contributed by atoms with E-state index in [0.717, 1.165) is 17.7 Å². The van der Waals surface area contributed by atoms with E-state index in [4.69, 9.17) is 5.73 Å². The number of carbonyl (C=O) groups is 2. The molecule has 4 N–H and O–H groups in total. The van der Waals surface area contributed by atoms with Gasteiger partial charge in [0.15, 0.2) is 0 Å². The Hall–Kier alpha value is -2.49. The standard InChI is InChI=1S/C23H27F2N3O3S/c1-23(2)20(21(30)27-12-15-16(24)9-6-10-17(15)25)28(13-32-23)22(31)19(29)18(26)11-14-7-4-3-5-8-14/h3-10,18-20,29H,11-13,26H2,1-2H3,(H,27,30)/t18-,19-,20+/m0/s1. The highest BCUT2D eigenvalue weighted by molar-refractivity contribution is 8.00. The van der Waals surface area contributed by atoms with Crippen molar-refractivity contribution in [3.8, 4) is 0 Å². The molecule has 1 saturated heterocycles. The summed E-state index contributed by atoms with van der Waals surface area (Å²) in [5.41, 5.74) is 6.71. The van der Waals surface area contributed by atoms with Gasteiger partial charge in [-0.05, 0) is 38.0 Å². The minimum absolute atomic E-state index is 0.188. The van der Waals surface area contributed by atoms with Gasteiger partial charge in [-0.15, -0.1) is 11.8 Å². The molecule has 172 valence electrons. The van der Waals surface area contributed by atoms with Crippen molar-refractivity contribution in [3.05, 3.63) is 71.3 Å². The molecule has 0 aliphatic carbocycles. The van der Waals surface area contributed by atoms with Gasteiger partial charge >= 0.3 is 0 Å². The van der Waals surface area contributed by atoms with E-state index in [1.165, 1.54) is 22.7 Å². The zero-order chi connectivity index (χ0) is 23.5. The summed E-state index contributed by atoms with van der Waals surface area (Å²) in [6.07, 6.45) is -1.20. The fourth-order valence-electron chi connectivity index (χ4n) is 3.74. The molecule has 0 bridgehead atoms. The van der Waals surface area contributed by atoms with Crippen LogP contribution in [0.3, 0.4) is 0 Å². The topological polar surface area (TPSA) is 95.7 Å². The molecule has 1 aliphatic rings. The molecule has 0 saturated carbocycles. The molecule has 1 aliphatic heterocycles. The number of benzene rings is 2. The van der Waals surface area contributed by atoms with Gasteiger partial charge in [0.1, 0.15) is 23.8 Å². The number of amides is 2. The van der Waals surface area contributed by atoms with Gasteiger partial charge in [-0.3, -0.25) is 9.59 Å². The van der Waals surface area contributed by atoms with E-state index >= 15 is 0 Å². The maximum absolute atomic E-state index is 13.9. The molecule has 0 unspecified atom stereocenters. The van der Waals surface area contributed by atoms with Gasteiger partial charge in [0.25, 0.3) is 5.91 Å². The van der Waals surface area contributed by atoms with E-state index in [9.17, 15) is 23.5 Å². The summed E-state index contributed by atoms with van der Waals surface area (Å²) in [6.45, 7) is 3.25. The molecule has 2 amide bonds. The summed E-state index contributed by atoms with van der Waals surface area (Å²) in [4.78, 5) is 27.3. The number of aliphatic hydroxyl groups is 1. The lowest BCUT2D eigenvalue weighted by Crippen LogP contribution is -2.57. The van der Waals surface area contributed by atoms with Gasteiger partial charge in [-0.1, -0.05) is 36.4 Å². The number of rotatable bonds is 7. The maximum Gasteiger partial charge on any atom is 0.254 e. The molecule has 2 aromatic rings. The Bertz CT molecular complexity index is 954. The Balaban J connectivity index is 1.71. The van der Waals surface area contributed by atoms with Crippen LogP contribution in [0.5, 0.6) is 0 Å². The molecule has 1 fully saturated rings. The number of aliphatic hydroxyl groups excluding tert-OH is 1. The van der Waals surface area contributed by atoms with Gasteiger partial charge in [0, 0.05) is 22.9 Å². The number of nitrogens with two attached hydrogens (primary N) is 1. The number of nitrogens with one attached hydrogen (secondary N) is 1. The first-order valence-electron chi connectivity index (χ1n) is 10.2. The minimum atomic E-state index is -1.50. The number of nitrogens with zero attached hydrogens (tertiary/aromatic N) is 1. The minimum Gasteiger partial charge on any atom is -0.382 e. The van der Waals surface area contributed by atoms with E-state index in [1.807, 2.05) is 30.3 Å². The second kappa shape index (κ2) is 9.97. The van der Waals surface area contributed by atoms with Crippen LogP contribution in [0, 0.1) is 11.6 Å². The zero-order valence-corrected chi connectivity index (χ0v) is 18.7. The molecule has 2 aromatic carbocycles. The summed E-state index contributed by atoms with van der Waals surface area (Å²) in [7, 11) is 0. The largest absolute Gasteiger partial charge is 0.382 e. The summed E-state index contributed by atoms with van der Waals surface area (Å²) in [5.74, 6) is -2.54. The molecular weight excluding hydrogens is 436 g/mol. The molecule has 0 aromatic heterocycles. The molecule has 6 nitrogen and oxygen atoms in total. The first-order valence-corrected chi connectivity index (χ1v) is 11.2. The normalized spacial score (nSPS) is 19.4. The quantitative estimate of drug-likeness (QED) is 0.585. The molecule has 9 heteroatoms. The predicted molar refractivity (Wildman–Crippen MR) is 120 cm³/mol. The van der Waals surface area contributed by atoms with Crippen molar-refractivity contribution in [2.24, 2.45) is 5.73 Å². The first-order chi connectivity index (χ1) is 15.1. The Morgan fingerprint density at radius 3 is 2.44 bits per heavy atom. The number of hydrogen-bond acceptors (Lipinski definition) is 5. The van der Waals surface area contributed by atoms with Crippen LogP contribution in [-0.4, -0.2) is 50.6 Å². The smallest absolute Gasteiger partial charge is 0.254 e. The Labute approximate surface area is 190 Å². The fraction of sp³-hybridized carbons (Fsp3) is 0.391. The fourth-order valence-corrected chi connectivity index (χ4v) is 4.88. The van der Waals surface area contributed by atoms with E-state index in [1.54, 1.807) is 13.8 Å². The second-order valence-corrected chi connectivity index (χ2v) is 9.90. The monoisotopic (exact) mass is 463 g/mol. The summed E-state index contributed by atoms with van der Waals surface area (Å²) in [5, 5.41) is 13.1. The number of halogens is 2. The molecule has 3 rings (SSSR count). The zero-order valence-electron chi connectivity index (χ0n) is 17.9. The number of hydrogen-bond donors (Lipinski definition) is 3. The lowest BCUT2D eigenvalue weighted by molar-refractivity contribution is -0.147. The van der Waals surface area contributed by atoms with Crippen LogP contribution in [-0.2, 0) is 22.6 Å². The molecule has 1 heterocycles. The Kier molecular flexibility index (Phi) is 7.53. The van der Waals surface area contributed by atoms with Gasteiger partial charge in [0.2, 0.25) is 5.91 Å². The van der Waals surface area contributed by atoms with Gasteiger partial charge in [-0.25, -0.2) is 8.78 Å². The molecule has 3 atom stereocenters. The highest BCUT2D eigenvalue weighted by Gasteiger charge is 2.49. The van der Waals surface area contributed by atoms with Gasteiger partial charge < -0.3 is 21.1 Å². The molecule has 32 heavy (non-hydrogen) atoms. The first kappa shape index (κ1) is 24.2.